The summed E-state index contributed by atoms with van der Waals surface area (Å²) in [5.41, 5.74) is 5.71. The Balaban J connectivity index is 2.62. The number of nitrogens with two attached hydrogens (primary N) is 1. The lowest BCUT2D eigenvalue weighted by Gasteiger charge is -2.01. The topological polar surface area (TPSA) is 81.0 Å². The van der Waals surface area contributed by atoms with Crippen molar-refractivity contribution in [1.29, 1.82) is 0 Å². The van der Waals surface area contributed by atoms with E-state index in [0.29, 0.717) is 24.4 Å². The maximum Gasteiger partial charge on any atom is 0.255 e. The van der Waals surface area contributed by atoms with Crippen molar-refractivity contribution in [3.63, 3.8) is 0 Å². The van der Waals surface area contributed by atoms with Crippen molar-refractivity contribution in [1.82, 2.24) is 9.97 Å². The fourth-order valence-corrected chi connectivity index (χ4v) is 1.11. The molecule has 0 aliphatic carbocycles. The molecule has 0 fully saturated rings. The van der Waals surface area contributed by atoms with Crippen LogP contribution in [0.1, 0.15) is 17.8 Å². The zero-order chi connectivity index (χ0) is 10.4. The summed E-state index contributed by atoms with van der Waals surface area (Å²) in [6.07, 6.45) is 3.09. The number of ether oxygens (including phenoxy) is 1. The molecule has 1 aromatic rings. The second kappa shape index (κ2) is 5.51. The largest absolute Gasteiger partial charge is 0.385 e. The van der Waals surface area contributed by atoms with Gasteiger partial charge >= 0.3 is 0 Å². The number of aromatic nitrogens is 2. The number of hydrogen-bond acceptors (Lipinski definition) is 4. The molecule has 0 spiro atoms. The molecule has 78 valence electrons. The molecule has 0 bridgehead atoms. The normalized spacial score (nSPS) is 10.4. The van der Waals surface area contributed by atoms with Gasteiger partial charge in [-0.2, -0.15) is 0 Å². The van der Waals surface area contributed by atoms with Crippen molar-refractivity contribution in [2.75, 3.05) is 13.7 Å². The van der Waals surface area contributed by atoms with Gasteiger partial charge in [-0.15, -0.1) is 0 Å². The van der Waals surface area contributed by atoms with Gasteiger partial charge in [0.05, 0.1) is 0 Å². The van der Waals surface area contributed by atoms with Crippen molar-refractivity contribution < 1.29 is 4.74 Å². The molecule has 0 unspecified atom stereocenters. The number of hydrogen-bond donors (Lipinski definition) is 2. The first-order chi connectivity index (χ1) is 6.77. The zero-order valence-electron chi connectivity index (χ0n) is 8.25. The van der Waals surface area contributed by atoms with Crippen LogP contribution in [-0.4, -0.2) is 23.7 Å². The Morgan fingerprint density at radius 1 is 1.64 bits per heavy atom. The predicted molar refractivity (Wildman–Crippen MR) is 52.9 cm³/mol. The highest BCUT2D eigenvalue weighted by atomic mass is 16.5. The van der Waals surface area contributed by atoms with Crippen LogP contribution in [0.4, 0.5) is 0 Å². The lowest BCUT2D eigenvalue weighted by molar-refractivity contribution is 0.194. The van der Waals surface area contributed by atoms with Crippen molar-refractivity contribution in [3.05, 3.63) is 27.9 Å². The summed E-state index contributed by atoms with van der Waals surface area (Å²) < 4.78 is 4.90. The quantitative estimate of drug-likeness (QED) is 0.641. The maximum absolute atomic E-state index is 11.3. The van der Waals surface area contributed by atoms with E-state index >= 15 is 0 Å². The van der Waals surface area contributed by atoms with Crippen molar-refractivity contribution >= 4 is 0 Å². The van der Waals surface area contributed by atoms with Crippen LogP contribution in [0.5, 0.6) is 0 Å². The molecule has 1 aromatic heterocycles. The average Bonchev–Trinajstić information content (AvgIpc) is 2.18. The van der Waals surface area contributed by atoms with Gasteiger partial charge in [0.15, 0.2) is 0 Å². The first kappa shape index (κ1) is 10.9. The van der Waals surface area contributed by atoms with Crippen LogP contribution in [0.2, 0.25) is 0 Å². The van der Waals surface area contributed by atoms with E-state index in [1.165, 1.54) is 6.20 Å². The van der Waals surface area contributed by atoms with Crippen LogP contribution in [0.25, 0.3) is 0 Å². The highest BCUT2D eigenvalue weighted by Crippen LogP contribution is 1.94. The van der Waals surface area contributed by atoms with Gasteiger partial charge in [0.1, 0.15) is 5.82 Å². The van der Waals surface area contributed by atoms with Crippen LogP contribution in [0, 0.1) is 0 Å². The molecule has 0 aliphatic rings. The van der Waals surface area contributed by atoms with Gasteiger partial charge in [0.25, 0.3) is 5.56 Å². The lowest BCUT2D eigenvalue weighted by atomic mass is 10.3. The van der Waals surface area contributed by atoms with Crippen molar-refractivity contribution in [2.45, 2.75) is 19.4 Å². The minimum absolute atomic E-state index is 0.144. The Hall–Kier alpha value is -1.20. The third kappa shape index (κ3) is 2.93. The van der Waals surface area contributed by atoms with E-state index in [4.69, 9.17) is 10.5 Å². The van der Waals surface area contributed by atoms with Crippen molar-refractivity contribution in [2.24, 2.45) is 5.73 Å². The number of nitrogens with one attached hydrogen (secondary N) is 1. The zero-order valence-corrected chi connectivity index (χ0v) is 8.25. The third-order valence-corrected chi connectivity index (χ3v) is 1.91. The molecule has 14 heavy (non-hydrogen) atoms. The number of nitrogens with zero attached hydrogens (tertiary/aromatic N) is 1. The fourth-order valence-electron chi connectivity index (χ4n) is 1.11. The molecule has 5 nitrogen and oxygen atoms in total. The standard InChI is InChI=1S/C9H15N3O2/c1-14-4-2-3-8-11-6-7(5-10)9(13)12-8/h6H,2-5,10H2,1H3,(H,11,12,13). The van der Waals surface area contributed by atoms with Gasteiger partial charge in [-0.3, -0.25) is 4.79 Å². The average molecular weight is 197 g/mol. The molecule has 0 saturated heterocycles. The Bertz CT molecular complexity index is 335. The molecule has 5 heteroatoms. The lowest BCUT2D eigenvalue weighted by Crippen LogP contribution is -2.18. The smallest absolute Gasteiger partial charge is 0.255 e. The van der Waals surface area contributed by atoms with Crippen molar-refractivity contribution in [3.8, 4) is 0 Å². The summed E-state index contributed by atoms with van der Waals surface area (Å²) >= 11 is 0. The van der Waals surface area contributed by atoms with E-state index in [2.05, 4.69) is 9.97 Å². The summed E-state index contributed by atoms with van der Waals surface area (Å²) in [7, 11) is 1.65. The molecule has 1 heterocycles. The van der Waals surface area contributed by atoms with Gasteiger partial charge < -0.3 is 15.5 Å². The number of H-pyrrole nitrogens is 1. The maximum atomic E-state index is 11.3. The Kier molecular flexibility index (Phi) is 4.28. The second-order valence-electron chi connectivity index (χ2n) is 2.98. The fraction of sp³-hybridized carbons (Fsp3) is 0.556. The van der Waals surface area contributed by atoms with Gasteiger partial charge in [-0.1, -0.05) is 0 Å². The number of rotatable bonds is 5. The van der Waals surface area contributed by atoms with Crippen LogP contribution in [0.3, 0.4) is 0 Å². The summed E-state index contributed by atoms with van der Waals surface area (Å²) in [5, 5.41) is 0. The molecule has 0 aliphatic heterocycles. The summed E-state index contributed by atoms with van der Waals surface area (Å²) in [4.78, 5) is 18.1. The monoisotopic (exact) mass is 197 g/mol. The van der Waals surface area contributed by atoms with Crippen LogP contribution >= 0.6 is 0 Å². The van der Waals surface area contributed by atoms with Crippen LogP contribution in [-0.2, 0) is 17.7 Å². The van der Waals surface area contributed by atoms with E-state index in [0.717, 1.165) is 6.42 Å². The SMILES string of the molecule is COCCCc1ncc(CN)c(=O)[nH]1. The molecule has 0 aromatic carbocycles. The minimum atomic E-state index is -0.144. The second-order valence-corrected chi connectivity index (χ2v) is 2.98. The van der Waals surface area contributed by atoms with E-state index in [1.54, 1.807) is 7.11 Å². The molecular formula is C9H15N3O2. The minimum Gasteiger partial charge on any atom is -0.385 e. The van der Waals surface area contributed by atoms with E-state index < -0.39 is 0 Å². The van der Waals surface area contributed by atoms with Gasteiger partial charge in [-0.25, -0.2) is 4.98 Å². The molecule has 0 amide bonds. The van der Waals surface area contributed by atoms with Crippen LogP contribution < -0.4 is 11.3 Å². The van der Waals surface area contributed by atoms with Gasteiger partial charge in [-0.05, 0) is 6.42 Å². The highest BCUT2D eigenvalue weighted by molar-refractivity contribution is 5.05. The first-order valence-electron chi connectivity index (χ1n) is 4.54. The molecule has 1 rings (SSSR count). The predicted octanol–water partition coefficient (Wildman–Crippen LogP) is -0.192. The van der Waals surface area contributed by atoms with Crippen LogP contribution in [0.15, 0.2) is 11.0 Å². The molecule has 0 atom stereocenters. The Labute approximate surface area is 82.3 Å². The molecule has 3 N–H and O–H groups in total. The van der Waals surface area contributed by atoms with Gasteiger partial charge in [0, 0.05) is 38.4 Å². The Morgan fingerprint density at radius 3 is 3.00 bits per heavy atom. The molecule has 0 saturated carbocycles. The third-order valence-electron chi connectivity index (χ3n) is 1.91. The molecule has 0 radical (unpaired) electrons. The summed E-state index contributed by atoms with van der Waals surface area (Å²) in [5.74, 6) is 0.684. The van der Waals surface area contributed by atoms with E-state index in [9.17, 15) is 4.79 Å². The first-order valence-corrected chi connectivity index (χ1v) is 4.54. The summed E-state index contributed by atoms with van der Waals surface area (Å²) in [6.45, 7) is 0.892. The number of aryl methyl sites for hydroxylation is 1. The van der Waals surface area contributed by atoms with E-state index in [-0.39, 0.29) is 12.1 Å². The van der Waals surface area contributed by atoms with Gasteiger partial charge in [0.2, 0.25) is 0 Å². The van der Waals surface area contributed by atoms with E-state index in [1.807, 2.05) is 0 Å². The summed E-state index contributed by atoms with van der Waals surface area (Å²) in [6, 6.07) is 0. The Morgan fingerprint density at radius 2 is 2.43 bits per heavy atom. The number of aromatic amines is 1. The highest BCUT2D eigenvalue weighted by Gasteiger charge is 2.00. The molecular weight excluding hydrogens is 182 g/mol. The number of methoxy groups -OCH3 is 1.